The first-order valence-electron chi connectivity index (χ1n) is 9.09. The number of likely N-dealkylation sites (tertiary alicyclic amines) is 1. The molecule has 136 valence electrons. The lowest BCUT2D eigenvalue weighted by molar-refractivity contribution is -0.118. The van der Waals surface area contributed by atoms with Crippen LogP contribution < -0.4 is 10.6 Å². The molecule has 2 amide bonds. The number of benzene rings is 1. The first-order chi connectivity index (χ1) is 11.7. The number of anilines is 1. The van der Waals surface area contributed by atoms with Crippen LogP contribution in [0.2, 0.25) is 0 Å². The average Bonchev–Trinajstić information content (AvgIpc) is 3.05. The first kappa shape index (κ1) is 18.2. The number of piperidine rings is 1. The fourth-order valence-electron chi connectivity index (χ4n) is 4.26. The number of amides is 2. The monoisotopic (exact) mass is 363 g/mol. The van der Waals surface area contributed by atoms with Gasteiger partial charge >= 0.3 is 0 Å². The van der Waals surface area contributed by atoms with Gasteiger partial charge in [0.1, 0.15) is 0 Å². The third-order valence-corrected chi connectivity index (χ3v) is 5.88. The molecule has 25 heavy (non-hydrogen) atoms. The maximum atomic E-state index is 12.6. The van der Waals surface area contributed by atoms with Crippen molar-refractivity contribution in [3.8, 4) is 0 Å². The van der Waals surface area contributed by atoms with Gasteiger partial charge in [-0.25, -0.2) is 0 Å². The smallest absolute Gasteiger partial charge is 0.253 e. The number of hydrogen-bond donors (Lipinski definition) is 2. The zero-order chi connectivity index (χ0) is 16.6. The topological polar surface area (TPSA) is 61.4 Å². The van der Waals surface area contributed by atoms with E-state index in [0.29, 0.717) is 5.56 Å². The molecule has 0 aromatic heterocycles. The van der Waals surface area contributed by atoms with Crippen LogP contribution in [0.15, 0.2) is 24.3 Å². The molecule has 2 aliphatic heterocycles. The number of halogens is 1. The second kappa shape index (κ2) is 7.34. The lowest BCUT2D eigenvalue weighted by Crippen LogP contribution is -2.31. The van der Waals surface area contributed by atoms with Crippen LogP contribution in [-0.2, 0) is 4.79 Å². The Morgan fingerprint density at radius 1 is 1.16 bits per heavy atom. The number of rotatable bonds is 3. The Morgan fingerprint density at radius 2 is 1.88 bits per heavy atom. The summed E-state index contributed by atoms with van der Waals surface area (Å²) in [5, 5.41) is 6.39. The summed E-state index contributed by atoms with van der Waals surface area (Å²) in [6.45, 7) is 3.72. The Kier molecular flexibility index (Phi) is 5.35. The highest BCUT2D eigenvalue weighted by Gasteiger charge is 2.57. The molecule has 1 saturated carbocycles. The third-order valence-electron chi connectivity index (χ3n) is 5.88. The van der Waals surface area contributed by atoms with Crippen molar-refractivity contribution in [2.24, 2.45) is 11.3 Å². The first-order valence-corrected chi connectivity index (χ1v) is 9.09. The molecule has 1 spiro atoms. The van der Waals surface area contributed by atoms with Crippen LogP contribution in [-0.4, -0.2) is 42.9 Å². The van der Waals surface area contributed by atoms with Gasteiger partial charge in [0.05, 0.1) is 0 Å². The fraction of sp³-hybridized carbons (Fsp3) is 0.579. The van der Waals surface area contributed by atoms with Crippen LogP contribution in [0.25, 0.3) is 0 Å². The second-order valence-electron chi connectivity index (χ2n) is 7.44. The highest BCUT2D eigenvalue weighted by Crippen LogP contribution is 2.58. The predicted molar refractivity (Wildman–Crippen MR) is 100 cm³/mol. The Balaban J connectivity index is 0.00000182. The molecule has 1 aromatic rings. The van der Waals surface area contributed by atoms with Gasteiger partial charge in [-0.2, -0.15) is 0 Å². The van der Waals surface area contributed by atoms with Gasteiger partial charge < -0.3 is 15.5 Å². The number of nitrogens with zero attached hydrogens (tertiary/aromatic N) is 1. The molecule has 1 atom stereocenters. The Labute approximate surface area is 154 Å². The van der Waals surface area contributed by atoms with Gasteiger partial charge in [-0.1, -0.05) is 6.07 Å². The minimum absolute atomic E-state index is 0. The van der Waals surface area contributed by atoms with E-state index in [9.17, 15) is 9.59 Å². The molecule has 3 aliphatic rings. The summed E-state index contributed by atoms with van der Waals surface area (Å²) in [6.07, 6.45) is 5.37. The number of hydrogen-bond acceptors (Lipinski definition) is 3. The lowest BCUT2D eigenvalue weighted by Gasteiger charge is -2.23. The van der Waals surface area contributed by atoms with Crippen LogP contribution in [0.3, 0.4) is 0 Å². The normalized spacial score (nSPS) is 23.8. The molecule has 0 radical (unpaired) electrons. The molecule has 2 saturated heterocycles. The van der Waals surface area contributed by atoms with Crippen LogP contribution in [0.4, 0.5) is 5.69 Å². The molecule has 0 bridgehead atoms. The fourth-order valence-corrected chi connectivity index (χ4v) is 4.26. The van der Waals surface area contributed by atoms with E-state index in [-0.39, 0.29) is 35.6 Å². The Bertz CT molecular complexity index is 652. The summed E-state index contributed by atoms with van der Waals surface area (Å²) >= 11 is 0. The number of carbonyl (C=O) groups excluding carboxylic acids is 2. The number of carbonyl (C=O) groups is 2. The van der Waals surface area contributed by atoms with E-state index in [4.69, 9.17) is 0 Å². The van der Waals surface area contributed by atoms with Crippen LogP contribution >= 0.6 is 12.4 Å². The van der Waals surface area contributed by atoms with Gasteiger partial charge in [-0.15, -0.1) is 12.4 Å². The SMILES string of the molecule is Cl.O=C(Nc1cccc(C(=O)N2CCCC2)c1)C1CC12CCNCC2. The molecule has 4 rings (SSSR count). The largest absolute Gasteiger partial charge is 0.339 e. The molecule has 1 aliphatic carbocycles. The molecule has 1 unspecified atom stereocenters. The molecule has 2 N–H and O–H groups in total. The van der Waals surface area contributed by atoms with Gasteiger partial charge in [-0.3, -0.25) is 9.59 Å². The van der Waals surface area contributed by atoms with E-state index < -0.39 is 0 Å². The van der Waals surface area contributed by atoms with Crippen molar-refractivity contribution in [1.29, 1.82) is 0 Å². The van der Waals surface area contributed by atoms with Gasteiger partial charge in [0.2, 0.25) is 5.91 Å². The Morgan fingerprint density at radius 3 is 2.60 bits per heavy atom. The van der Waals surface area contributed by atoms with Crippen molar-refractivity contribution in [3.05, 3.63) is 29.8 Å². The van der Waals surface area contributed by atoms with Crippen LogP contribution in [0, 0.1) is 11.3 Å². The third kappa shape index (κ3) is 3.67. The predicted octanol–water partition coefficient (Wildman–Crippen LogP) is 2.67. The summed E-state index contributed by atoms with van der Waals surface area (Å²) in [5.74, 6) is 0.324. The molecule has 3 fully saturated rings. The molecule has 6 heteroatoms. The van der Waals surface area contributed by atoms with Gasteiger partial charge in [-0.05, 0) is 68.8 Å². The quantitative estimate of drug-likeness (QED) is 0.867. The van der Waals surface area contributed by atoms with Crippen molar-refractivity contribution in [1.82, 2.24) is 10.2 Å². The highest BCUT2D eigenvalue weighted by atomic mass is 35.5. The van der Waals surface area contributed by atoms with Crippen LogP contribution in [0.1, 0.15) is 42.5 Å². The van der Waals surface area contributed by atoms with E-state index in [0.717, 1.165) is 64.0 Å². The lowest BCUT2D eigenvalue weighted by atomic mass is 9.92. The van der Waals surface area contributed by atoms with Crippen molar-refractivity contribution in [3.63, 3.8) is 0 Å². The van der Waals surface area contributed by atoms with Gasteiger partial charge in [0.25, 0.3) is 5.91 Å². The standard InChI is InChI=1S/C19H25N3O2.ClH/c23-17(16-13-19(16)6-8-20-9-7-19)21-15-5-3-4-14(12-15)18(24)22-10-1-2-11-22;/h3-5,12,16,20H,1-2,6-11,13H2,(H,21,23);1H. The van der Waals surface area contributed by atoms with E-state index in [1.165, 1.54) is 0 Å². The maximum absolute atomic E-state index is 12.6. The minimum Gasteiger partial charge on any atom is -0.339 e. The zero-order valence-corrected chi connectivity index (χ0v) is 15.2. The molecule has 5 nitrogen and oxygen atoms in total. The minimum atomic E-state index is 0. The summed E-state index contributed by atoms with van der Waals surface area (Å²) in [7, 11) is 0. The van der Waals surface area contributed by atoms with Crippen molar-refractivity contribution >= 4 is 29.9 Å². The summed E-state index contributed by atoms with van der Waals surface area (Å²) in [6, 6.07) is 7.38. The molecular formula is C19H26ClN3O2. The highest BCUT2D eigenvalue weighted by molar-refractivity contribution is 5.98. The molecular weight excluding hydrogens is 338 g/mol. The van der Waals surface area contributed by atoms with Crippen molar-refractivity contribution in [2.45, 2.75) is 32.1 Å². The van der Waals surface area contributed by atoms with E-state index in [2.05, 4.69) is 10.6 Å². The van der Waals surface area contributed by atoms with Crippen LogP contribution in [0.5, 0.6) is 0 Å². The molecule has 1 aromatic carbocycles. The van der Waals surface area contributed by atoms with E-state index in [1.54, 1.807) is 0 Å². The van der Waals surface area contributed by atoms with Gasteiger partial charge in [0, 0.05) is 30.3 Å². The average molecular weight is 364 g/mol. The van der Waals surface area contributed by atoms with Crippen molar-refractivity contribution < 1.29 is 9.59 Å². The van der Waals surface area contributed by atoms with Gasteiger partial charge in [0.15, 0.2) is 0 Å². The van der Waals surface area contributed by atoms with E-state index in [1.807, 2.05) is 29.2 Å². The van der Waals surface area contributed by atoms with E-state index >= 15 is 0 Å². The number of nitrogens with one attached hydrogen (secondary N) is 2. The van der Waals surface area contributed by atoms with Crippen molar-refractivity contribution in [2.75, 3.05) is 31.5 Å². The second-order valence-corrected chi connectivity index (χ2v) is 7.44. The summed E-state index contributed by atoms with van der Waals surface area (Å²) in [5.41, 5.74) is 1.64. The summed E-state index contributed by atoms with van der Waals surface area (Å²) < 4.78 is 0. The zero-order valence-electron chi connectivity index (χ0n) is 14.4. The Hall–Kier alpha value is -1.59. The molecule has 2 heterocycles. The summed E-state index contributed by atoms with van der Waals surface area (Å²) in [4.78, 5) is 26.9. The maximum Gasteiger partial charge on any atom is 0.253 e.